The lowest BCUT2D eigenvalue weighted by atomic mass is 9.94. The number of carboxylic acid groups (broad SMARTS) is 1. The van der Waals surface area contributed by atoms with E-state index in [0.29, 0.717) is 29.7 Å². The number of rotatable bonds is 7. The summed E-state index contributed by atoms with van der Waals surface area (Å²) in [5.41, 5.74) is 4.28. The van der Waals surface area contributed by atoms with E-state index in [9.17, 15) is 9.90 Å². The number of nitrogens with zero attached hydrogens (tertiary/aromatic N) is 1. The van der Waals surface area contributed by atoms with Gasteiger partial charge in [-0.3, -0.25) is 4.79 Å². The van der Waals surface area contributed by atoms with Crippen molar-refractivity contribution in [3.63, 3.8) is 0 Å². The van der Waals surface area contributed by atoms with Gasteiger partial charge in [0.15, 0.2) is 0 Å². The molecule has 1 saturated heterocycles. The fraction of sp³-hybridized carbons (Fsp3) is 0.435. The Morgan fingerprint density at radius 1 is 1.13 bits per heavy atom. The Balaban J connectivity index is 0.00000320. The minimum Gasteiger partial charge on any atom is -0.481 e. The molecule has 1 aliphatic heterocycles. The number of hydrogen-bond acceptors (Lipinski definition) is 3. The van der Waals surface area contributed by atoms with Crippen LogP contribution in [0.25, 0.3) is 0 Å². The topological polar surface area (TPSA) is 49.8 Å². The van der Waals surface area contributed by atoms with Crippen molar-refractivity contribution in [3.8, 4) is 0 Å². The number of benzene rings is 2. The van der Waals surface area contributed by atoms with Crippen LogP contribution in [0.5, 0.6) is 0 Å². The van der Waals surface area contributed by atoms with Crippen molar-refractivity contribution in [3.05, 3.63) is 68.7 Å². The molecule has 1 atom stereocenters. The highest BCUT2D eigenvalue weighted by Crippen LogP contribution is 2.33. The van der Waals surface area contributed by atoms with Crippen LogP contribution in [-0.4, -0.2) is 42.2 Å². The summed E-state index contributed by atoms with van der Waals surface area (Å²) in [5.74, 6) is -0.987. The van der Waals surface area contributed by atoms with Crippen LogP contribution in [0.2, 0.25) is 10.0 Å². The molecule has 1 unspecified atom stereocenters. The molecule has 0 aromatic heterocycles. The molecule has 0 spiro atoms. The maximum atomic E-state index is 11.3. The van der Waals surface area contributed by atoms with E-state index in [1.165, 1.54) is 0 Å². The van der Waals surface area contributed by atoms with Gasteiger partial charge in [0.25, 0.3) is 0 Å². The van der Waals surface area contributed by atoms with Crippen molar-refractivity contribution in [2.75, 3.05) is 26.2 Å². The molecule has 1 fully saturated rings. The van der Waals surface area contributed by atoms with Gasteiger partial charge in [-0.15, -0.1) is 12.4 Å². The molecule has 2 aromatic rings. The molecule has 7 heteroatoms. The lowest BCUT2D eigenvalue weighted by Crippen LogP contribution is -2.40. The second kappa shape index (κ2) is 11.4. The molecule has 1 N–H and O–H groups in total. The molecular weight excluding hydrogens is 445 g/mol. The maximum Gasteiger partial charge on any atom is 0.307 e. The first-order valence-corrected chi connectivity index (χ1v) is 10.7. The number of carboxylic acids is 1. The number of aryl methyl sites for hydroxylation is 2. The number of hydrogen-bond donors (Lipinski definition) is 1. The maximum absolute atomic E-state index is 11.3. The Morgan fingerprint density at radius 3 is 2.20 bits per heavy atom. The summed E-state index contributed by atoms with van der Waals surface area (Å²) in [6, 6.07) is 11.7. The number of carbonyl (C=O) groups is 1. The number of ether oxygens (including phenoxy) is 1. The van der Waals surface area contributed by atoms with E-state index in [4.69, 9.17) is 27.9 Å². The van der Waals surface area contributed by atoms with Gasteiger partial charge in [-0.05, 0) is 79.8 Å². The highest BCUT2D eigenvalue weighted by atomic mass is 35.5. The van der Waals surface area contributed by atoms with Gasteiger partial charge >= 0.3 is 5.97 Å². The Hall–Kier alpha value is -1.30. The second-order valence-electron chi connectivity index (χ2n) is 7.73. The zero-order chi connectivity index (χ0) is 21.0. The molecule has 0 bridgehead atoms. The van der Waals surface area contributed by atoms with Crippen molar-refractivity contribution >= 4 is 41.6 Å². The molecule has 30 heavy (non-hydrogen) atoms. The molecule has 1 heterocycles. The lowest BCUT2D eigenvalue weighted by Gasteiger charge is -2.31. The van der Waals surface area contributed by atoms with Crippen molar-refractivity contribution in [2.24, 2.45) is 5.92 Å². The van der Waals surface area contributed by atoms with Crippen LogP contribution in [0.3, 0.4) is 0 Å². The summed E-state index contributed by atoms with van der Waals surface area (Å²) in [6.45, 7) is 6.79. The van der Waals surface area contributed by atoms with E-state index in [-0.39, 0.29) is 24.4 Å². The standard InChI is InChI=1S/C23H27Cl2NO3.ClH/c1-15-12-18(24)5-7-20(15)22(21-8-6-19(25)13-16(21)2)29-11-10-26-9-3-4-17(14-26)23(27)28;/h5-8,12-13,17,22H,3-4,9-11,14H2,1-2H3,(H,27,28);1H. The van der Waals surface area contributed by atoms with E-state index in [1.54, 1.807) is 0 Å². The van der Waals surface area contributed by atoms with E-state index < -0.39 is 5.97 Å². The Morgan fingerprint density at radius 2 is 1.70 bits per heavy atom. The average molecular weight is 473 g/mol. The van der Waals surface area contributed by atoms with Crippen molar-refractivity contribution < 1.29 is 14.6 Å². The Bertz CT molecular complexity index is 823. The van der Waals surface area contributed by atoms with E-state index in [1.807, 2.05) is 50.2 Å². The van der Waals surface area contributed by atoms with Crippen LogP contribution in [0, 0.1) is 19.8 Å². The number of halogens is 3. The summed E-state index contributed by atoms with van der Waals surface area (Å²) in [5, 5.41) is 10.7. The third-order valence-electron chi connectivity index (χ3n) is 5.58. The van der Waals surface area contributed by atoms with Gasteiger partial charge in [0.05, 0.1) is 12.5 Å². The fourth-order valence-corrected chi connectivity index (χ4v) is 4.43. The molecule has 0 aliphatic carbocycles. The van der Waals surface area contributed by atoms with Crippen molar-refractivity contribution in [1.29, 1.82) is 0 Å². The van der Waals surface area contributed by atoms with Gasteiger partial charge in [0, 0.05) is 23.1 Å². The Kier molecular flexibility index (Phi) is 9.45. The van der Waals surface area contributed by atoms with Gasteiger partial charge < -0.3 is 14.7 Å². The fourth-order valence-electron chi connectivity index (χ4n) is 3.97. The Labute approximate surface area is 194 Å². The molecule has 0 saturated carbocycles. The van der Waals surface area contributed by atoms with Crippen molar-refractivity contribution in [1.82, 2.24) is 4.90 Å². The van der Waals surface area contributed by atoms with Gasteiger partial charge in [-0.1, -0.05) is 35.3 Å². The predicted molar refractivity (Wildman–Crippen MR) is 124 cm³/mol. The summed E-state index contributed by atoms with van der Waals surface area (Å²) in [6.07, 6.45) is 1.43. The third kappa shape index (κ3) is 6.35. The highest BCUT2D eigenvalue weighted by Gasteiger charge is 2.26. The zero-order valence-corrected chi connectivity index (χ0v) is 19.6. The molecule has 2 aromatic carbocycles. The molecule has 1 aliphatic rings. The first kappa shape index (κ1) is 25.0. The normalized spacial score (nSPS) is 17.0. The smallest absolute Gasteiger partial charge is 0.307 e. The summed E-state index contributed by atoms with van der Waals surface area (Å²) >= 11 is 12.3. The van der Waals surface area contributed by atoms with Crippen LogP contribution in [-0.2, 0) is 9.53 Å². The third-order valence-corrected chi connectivity index (χ3v) is 6.05. The molecule has 164 valence electrons. The van der Waals surface area contributed by atoms with Crippen LogP contribution in [0.1, 0.15) is 41.2 Å². The van der Waals surface area contributed by atoms with E-state index >= 15 is 0 Å². The van der Waals surface area contributed by atoms with Crippen LogP contribution < -0.4 is 0 Å². The number of aliphatic carboxylic acids is 1. The monoisotopic (exact) mass is 471 g/mol. The summed E-state index contributed by atoms with van der Waals surface area (Å²) in [7, 11) is 0. The SMILES string of the molecule is Cc1cc(Cl)ccc1C(OCCN1CCCC(C(=O)O)C1)c1ccc(Cl)cc1C.Cl. The molecule has 0 radical (unpaired) electrons. The zero-order valence-electron chi connectivity index (χ0n) is 17.2. The quantitative estimate of drug-likeness (QED) is 0.542. The predicted octanol–water partition coefficient (Wildman–Crippen LogP) is 5.93. The average Bonchev–Trinajstić information content (AvgIpc) is 2.67. The summed E-state index contributed by atoms with van der Waals surface area (Å²) < 4.78 is 6.38. The second-order valence-corrected chi connectivity index (χ2v) is 8.60. The molecule has 4 nitrogen and oxygen atoms in total. The van der Waals surface area contributed by atoms with Crippen LogP contribution >= 0.6 is 35.6 Å². The molecular formula is C23H28Cl3NO3. The minimum atomic E-state index is -0.706. The van der Waals surface area contributed by atoms with E-state index in [0.717, 1.165) is 41.6 Å². The van der Waals surface area contributed by atoms with Gasteiger partial charge in [0.1, 0.15) is 6.10 Å². The van der Waals surface area contributed by atoms with Crippen LogP contribution in [0.15, 0.2) is 36.4 Å². The lowest BCUT2D eigenvalue weighted by molar-refractivity contribution is -0.143. The van der Waals surface area contributed by atoms with Gasteiger partial charge in [-0.2, -0.15) is 0 Å². The minimum absolute atomic E-state index is 0. The van der Waals surface area contributed by atoms with Gasteiger partial charge in [-0.25, -0.2) is 0 Å². The van der Waals surface area contributed by atoms with Gasteiger partial charge in [0.2, 0.25) is 0 Å². The number of likely N-dealkylation sites (tertiary alicyclic amines) is 1. The highest BCUT2D eigenvalue weighted by molar-refractivity contribution is 6.31. The van der Waals surface area contributed by atoms with Crippen molar-refractivity contribution in [2.45, 2.75) is 32.8 Å². The summed E-state index contributed by atoms with van der Waals surface area (Å²) in [4.78, 5) is 13.5. The van der Waals surface area contributed by atoms with E-state index in [2.05, 4.69) is 4.90 Å². The molecule has 3 rings (SSSR count). The largest absolute Gasteiger partial charge is 0.481 e. The first-order valence-electron chi connectivity index (χ1n) is 9.94. The number of piperidine rings is 1. The first-order chi connectivity index (χ1) is 13.8. The van der Waals surface area contributed by atoms with Crippen LogP contribution in [0.4, 0.5) is 0 Å². The molecule has 0 amide bonds.